The van der Waals surface area contributed by atoms with E-state index in [1.54, 1.807) is 4.68 Å². The second kappa shape index (κ2) is 9.11. The van der Waals surface area contributed by atoms with Crippen molar-refractivity contribution >= 4 is 5.91 Å². The van der Waals surface area contributed by atoms with Gasteiger partial charge in [0.15, 0.2) is 0 Å². The number of rotatable bonds is 5. The quantitative estimate of drug-likeness (QED) is 0.529. The highest BCUT2D eigenvalue weighted by Crippen LogP contribution is 2.19. The standard InChI is InChI=1S/C25H24N6O/c32-25(22-11-13-23(14-12-22)31-19-26-27-28-31)30-17-15-29(16-18-30)24(20-7-3-1-4-8-20)21-9-5-2-6-10-21/h1-14,19,24H,15-18H2/p+1. The number of aromatic nitrogens is 4. The van der Waals surface area contributed by atoms with Gasteiger partial charge < -0.3 is 9.80 Å². The maximum atomic E-state index is 13.1. The molecule has 1 aliphatic heterocycles. The van der Waals surface area contributed by atoms with Crippen molar-refractivity contribution in [3.05, 3.63) is 108 Å². The zero-order valence-corrected chi connectivity index (χ0v) is 17.7. The van der Waals surface area contributed by atoms with Gasteiger partial charge in [0.1, 0.15) is 12.4 Å². The Morgan fingerprint density at radius 1 is 0.812 bits per heavy atom. The topological polar surface area (TPSA) is 68.4 Å². The van der Waals surface area contributed by atoms with Crippen LogP contribution in [0.4, 0.5) is 0 Å². The molecular weight excluding hydrogens is 400 g/mol. The Hall–Kier alpha value is -3.84. The first kappa shape index (κ1) is 20.1. The Morgan fingerprint density at radius 2 is 1.41 bits per heavy atom. The molecule has 1 aromatic heterocycles. The number of amides is 1. The molecule has 1 N–H and O–H groups in total. The van der Waals surface area contributed by atoms with E-state index >= 15 is 0 Å². The molecule has 32 heavy (non-hydrogen) atoms. The van der Waals surface area contributed by atoms with Crippen molar-refractivity contribution in [1.29, 1.82) is 0 Å². The molecule has 0 atom stereocenters. The molecule has 4 aromatic rings. The summed E-state index contributed by atoms with van der Waals surface area (Å²) in [6.07, 6.45) is 1.54. The number of piperazine rings is 1. The molecule has 160 valence electrons. The number of hydrogen-bond donors (Lipinski definition) is 1. The summed E-state index contributed by atoms with van der Waals surface area (Å²) in [6, 6.07) is 29.0. The largest absolute Gasteiger partial charge is 0.327 e. The van der Waals surface area contributed by atoms with Crippen LogP contribution < -0.4 is 4.90 Å². The summed E-state index contributed by atoms with van der Waals surface area (Å²) < 4.78 is 1.57. The fourth-order valence-corrected chi connectivity index (χ4v) is 4.46. The van der Waals surface area contributed by atoms with E-state index in [4.69, 9.17) is 0 Å². The Morgan fingerprint density at radius 3 is 1.94 bits per heavy atom. The molecule has 0 saturated carbocycles. The summed E-state index contributed by atoms with van der Waals surface area (Å²) in [5.74, 6) is 0.0725. The average Bonchev–Trinajstić information content (AvgIpc) is 3.41. The Kier molecular flexibility index (Phi) is 5.72. The monoisotopic (exact) mass is 425 g/mol. The van der Waals surface area contributed by atoms with Crippen LogP contribution in [0.5, 0.6) is 0 Å². The molecule has 1 saturated heterocycles. The van der Waals surface area contributed by atoms with Crippen LogP contribution in [0.2, 0.25) is 0 Å². The Balaban J connectivity index is 1.29. The SMILES string of the molecule is O=C(c1ccc(-n2cnnn2)cc1)N1CC[NH+](C(c2ccccc2)c2ccccc2)CC1. The fourth-order valence-electron chi connectivity index (χ4n) is 4.46. The predicted molar refractivity (Wildman–Crippen MR) is 120 cm³/mol. The van der Waals surface area contributed by atoms with Gasteiger partial charge in [-0.05, 0) is 34.7 Å². The van der Waals surface area contributed by atoms with Crippen molar-refractivity contribution in [3.8, 4) is 5.69 Å². The third-order valence-corrected chi connectivity index (χ3v) is 6.09. The zero-order chi connectivity index (χ0) is 21.8. The van der Waals surface area contributed by atoms with Gasteiger partial charge in [-0.2, -0.15) is 0 Å². The van der Waals surface area contributed by atoms with Crippen LogP contribution in [0, 0.1) is 0 Å². The summed E-state index contributed by atoms with van der Waals surface area (Å²) in [5, 5.41) is 11.2. The molecule has 1 fully saturated rings. The minimum absolute atomic E-state index is 0.0725. The maximum absolute atomic E-state index is 13.1. The van der Waals surface area contributed by atoms with Gasteiger partial charge in [-0.15, -0.1) is 5.10 Å². The van der Waals surface area contributed by atoms with Crippen LogP contribution in [0.15, 0.2) is 91.3 Å². The van der Waals surface area contributed by atoms with E-state index in [1.165, 1.54) is 22.4 Å². The Bertz CT molecular complexity index is 1100. The molecule has 7 nitrogen and oxygen atoms in total. The van der Waals surface area contributed by atoms with E-state index in [9.17, 15) is 4.79 Å². The number of hydrogen-bond acceptors (Lipinski definition) is 4. The lowest BCUT2D eigenvalue weighted by atomic mass is 9.96. The summed E-state index contributed by atoms with van der Waals surface area (Å²) in [6.45, 7) is 3.28. The number of nitrogens with one attached hydrogen (secondary N) is 1. The van der Waals surface area contributed by atoms with Crippen LogP contribution in [0.3, 0.4) is 0 Å². The molecular formula is C25H25N6O+. The van der Waals surface area contributed by atoms with Gasteiger partial charge in [0.2, 0.25) is 0 Å². The number of carbonyl (C=O) groups excluding carboxylic acids is 1. The lowest BCUT2D eigenvalue weighted by Crippen LogP contribution is -3.15. The van der Waals surface area contributed by atoms with Crippen molar-refractivity contribution in [2.45, 2.75) is 6.04 Å². The zero-order valence-electron chi connectivity index (χ0n) is 17.7. The number of benzene rings is 3. The third kappa shape index (κ3) is 4.15. The molecule has 0 aliphatic carbocycles. The minimum Gasteiger partial charge on any atom is -0.327 e. The van der Waals surface area contributed by atoms with Crippen molar-refractivity contribution in [2.75, 3.05) is 26.2 Å². The van der Waals surface area contributed by atoms with E-state index in [0.717, 1.165) is 31.9 Å². The highest BCUT2D eigenvalue weighted by atomic mass is 16.2. The summed E-state index contributed by atoms with van der Waals surface area (Å²) >= 11 is 0. The second-order valence-electron chi connectivity index (χ2n) is 8.01. The van der Waals surface area contributed by atoms with Crippen molar-refractivity contribution < 1.29 is 9.69 Å². The molecule has 3 aromatic carbocycles. The van der Waals surface area contributed by atoms with Crippen LogP contribution in [-0.2, 0) is 0 Å². The van der Waals surface area contributed by atoms with Gasteiger partial charge in [0, 0.05) is 16.7 Å². The number of carbonyl (C=O) groups is 1. The van der Waals surface area contributed by atoms with Crippen molar-refractivity contribution in [3.63, 3.8) is 0 Å². The maximum Gasteiger partial charge on any atom is 0.254 e. The van der Waals surface area contributed by atoms with Crippen LogP contribution in [-0.4, -0.2) is 57.2 Å². The number of quaternary nitrogens is 1. The van der Waals surface area contributed by atoms with Crippen LogP contribution in [0.25, 0.3) is 5.69 Å². The molecule has 5 rings (SSSR count). The first-order valence-electron chi connectivity index (χ1n) is 10.9. The highest BCUT2D eigenvalue weighted by molar-refractivity contribution is 5.94. The van der Waals surface area contributed by atoms with Crippen LogP contribution in [0.1, 0.15) is 27.5 Å². The molecule has 7 heteroatoms. The molecule has 0 radical (unpaired) electrons. The normalized spacial score (nSPS) is 14.6. The summed E-state index contributed by atoms with van der Waals surface area (Å²) in [4.78, 5) is 16.5. The van der Waals surface area contributed by atoms with Gasteiger partial charge in [-0.25, -0.2) is 4.68 Å². The van der Waals surface area contributed by atoms with Gasteiger partial charge in [-0.3, -0.25) is 4.79 Å². The number of nitrogens with zero attached hydrogens (tertiary/aromatic N) is 5. The van der Waals surface area contributed by atoms with E-state index in [1.807, 2.05) is 29.2 Å². The molecule has 0 unspecified atom stereocenters. The van der Waals surface area contributed by atoms with Gasteiger partial charge in [-0.1, -0.05) is 60.7 Å². The van der Waals surface area contributed by atoms with E-state index in [0.29, 0.717) is 5.56 Å². The fraction of sp³-hybridized carbons (Fsp3) is 0.200. The van der Waals surface area contributed by atoms with Gasteiger partial charge in [0.25, 0.3) is 5.91 Å². The average molecular weight is 426 g/mol. The smallest absolute Gasteiger partial charge is 0.254 e. The molecule has 1 amide bonds. The summed E-state index contributed by atoms with van der Waals surface area (Å²) in [7, 11) is 0. The molecule has 0 bridgehead atoms. The number of tetrazole rings is 1. The predicted octanol–water partition coefficient (Wildman–Crippen LogP) is 1.79. The first-order chi connectivity index (χ1) is 15.8. The van der Waals surface area contributed by atoms with E-state index in [2.05, 4.69) is 76.2 Å². The van der Waals surface area contributed by atoms with Crippen molar-refractivity contribution in [2.24, 2.45) is 0 Å². The molecule has 2 heterocycles. The lowest BCUT2D eigenvalue weighted by Gasteiger charge is -2.37. The highest BCUT2D eigenvalue weighted by Gasteiger charge is 2.31. The Labute approximate surface area is 186 Å². The van der Waals surface area contributed by atoms with Crippen molar-refractivity contribution in [1.82, 2.24) is 25.1 Å². The van der Waals surface area contributed by atoms with E-state index in [-0.39, 0.29) is 11.9 Å². The molecule has 0 spiro atoms. The second-order valence-corrected chi connectivity index (χ2v) is 8.01. The minimum atomic E-state index is 0.0725. The molecule has 1 aliphatic rings. The van der Waals surface area contributed by atoms with E-state index < -0.39 is 0 Å². The lowest BCUT2D eigenvalue weighted by molar-refractivity contribution is -0.929. The van der Waals surface area contributed by atoms with Gasteiger partial charge in [0.05, 0.1) is 31.9 Å². The third-order valence-electron chi connectivity index (χ3n) is 6.09. The van der Waals surface area contributed by atoms with Crippen LogP contribution >= 0.6 is 0 Å². The first-order valence-corrected chi connectivity index (χ1v) is 10.9. The summed E-state index contributed by atoms with van der Waals surface area (Å²) in [5.41, 5.74) is 4.14. The van der Waals surface area contributed by atoms with Gasteiger partial charge >= 0.3 is 0 Å².